The molecule has 2 aliphatic rings. The van der Waals surface area contributed by atoms with Crippen LogP contribution >= 0.6 is 12.4 Å². The Morgan fingerprint density at radius 1 is 1.26 bits per heavy atom. The average molecular weight is 338 g/mol. The van der Waals surface area contributed by atoms with Gasteiger partial charge < -0.3 is 15.5 Å². The first kappa shape index (κ1) is 17.8. The first-order chi connectivity index (χ1) is 10.5. The maximum Gasteiger partial charge on any atom is 0.228 e. The van der Waals surface area contributed by atoms with Crippen LogP contribution < -0.4 is 10.6 Å². The van der Waals surface area contributed by atoms with E-state index in [-0.39, 0.29) is 36.2 Å². The van der Waals surface area contributed by atoms with Crippen molar-refractivity contribution < 1.29 is 9.59 Å². The summed E-state index contributed by atoms with van der Waals surface area (Å²) in [7, 11) is 0. The minimum absolute atomic E-state index is 0. The lowest BCUT2D eigenvalue weighted by atomic mass is 10.1. The zero-order chi connectivity index (χ0) is 15.9. The van der Waals surface area contributed by atoms with Gasteiger partial charge in [0.05, 0.1) is 5.92 Å². The molecule has 6 heteroatoms. The van der Waals surface area contributed by atoms with Gasteiger partial charge in [0, 0.05) is 37.8 Å². The lowest BCUT2D eigenvalue weighted by Crippen LogP contribution is -2.37. The molecule has 2 saturated heterocycles. The minimum atomic E-state index is -0.238. The van der Waals surface area contributed by atoms with Crippen molar-refractivity contribution in [3.63, 3.8) is 0 Å². The van der Waals surface area contributed by atoms with E-state index >= 15 is 0 Å². The van der Waals surface area contributed by atoms with Gasteiger partial charge in [-0.25, -0.2) is 0 Å². The molecule has 2 heterocycles. The highest BCUT2D eigenvalue weighted by Crippen LogP contribution is 2.30. The fraction of sp³-hybridized carbons (Fsp3) is 0.529. The third kappa shape index (κ3) is 3.35. The van der Waals surface area contributed by atoms with Crippen LogP contribution in [0.2, 0.25) is 0 Å². The highest BCUT2D eigenvalue weighted by molar-refractivity contribution is 6.01. The van der Waals surface area contributed by atoms with Crippen molar-refractivity contribution in [2.75, 3.05) is 24.5 Å². The molecule has 1 aromatic rings. The Morgan fingerprint density at radius 2 is 2.00 bits per heavy atom. The van der Waals surface area contributed by atoms with Crippen molar-refractivity contribution in [2.45, 2.75) is 32.7 Å². The van der Waals surface area contributed by atoms with Gasteiger partial charge in [0.25, 0.3) is 0 Å². The summed E-state index contributed by atoms with van der Waals surface area (Å²) in [5.41, 5.74) is 9.06. The van der Waals surface area contributed by atoms with Crippen molar-refractivity contribution in [1.82, 2.24) is 4.90 Å². The second-order valence-corrected chi connectivity index (χ2v) is 6.46. The van der Waals surface area contributed by atoms with Gasteiger partial charge in [-0.15, -0.1) is 12.4 Å². The molecule has 2 fully saturated rings. The molecule has 0 saturated carbocycles. The zero-order valence-corrected chi connectivity index (χ0v) is 14.4. The van der Waals surface area contributed by atoms with Gasteiger partial charge in [-0.2, -0.15) is 0 Å². The number of carbonyl (C=O) groups is 2. The Bertz CT molecular complexity index is 620. The Kier molecular flexibility index (Phi) is 5.32. The van der Waals surface area contributed by atoms with E-state index in [1.54, 1.807) is 4.90 Å². The Morgan fingerprint density at radius 3 is 2.65 bits per heavy atom. The van der Waals surface area contributed by atoms with Crippen LogP contribution in [0.3, 0.4) is 0 Å². The molecule has 2 aliphatic heterocycles. The highest BCUT2D eigenvalue weighted by Gasteiger charge is 2.39. The summed E-state index contributed by atoms with van der Waals surface area (Å²) in [6, 6.07) is 6.03. The topological polar surface area (TPSA) is 66.6 Å². The van der Waals surface area contributed by atoms with E-state index in [1.165, 1.54) is 0 Å². The van der Waals surface area contributed by atoms with Gasteiger partial charge in [0.1, 0.15) is 0 Å². The predicted octanol–water partition coefficient (Wildman–Crippen LogP) is 1.64. The number of carbonyl (C=O) groups excluding carboxylic acids is 2. The predicted molar refractivity (Wildman–Crippen MR) is 92.8 cm³/mol. The molecule has 2 atom stereocenters. The fourth-order valence-electron chi connectivity index (χ4n) is 3.38. The summed E-state index contributed by atoms with van der Waals surface area (Å²) in [6.45, 7) is 5.87. The number of nitrogens with two attached hydrogens (primary N) is 1. The van der Waals surface area contributed by atoms with Crippen LogP contribution in [0.25, 0.3) is 0 Å². The molecule has 126 valence electrons. The molecule has 1 aromatic carbocycles. The second kappa shape index (κ2) is 6.89. The molecule has 5 nitrogen and oxygen atoms in total. The van der Waals surface area contributed by atoms with Gasteiger partial charge >= 0.3 is 0 Å². The van der Waals surface area contributed by atoms with Crippen LogP contribution in [-0.4, -0.2) is 42.4 Å². The first-order valence-electron chi connectivity index (χ1n) is 7.88. The third-order valence-electron chi connectivity index (χ3n) is 4.88. The highest BCUT2D eigenvalue weighted by atomic mass is 35.5. The van der Waals surface area contributed by atoms with Crippen LogP contribution in [0.4, 0.5) is 5.69 Å². The number of benzene rings is 1. The van der Waals surface area contributed by atoms with Crippen molar-refractivity contribution in [3.05, 3.63) is 29.3 Å². The second-order valence-electron chi connectivity index (χ2n) is 6.46. The monoisotopic (exact) mass is 337 g/mol. The smallest absolute Gasteiger partial charge is 0.228 e. The molecule has 0 spiro atoms. The lowest BCUT2D eigenvalue weighted by Gasteiger charge is -2.22. The van der Waals surface area contributed by atoms with E-state index in [4.69, 9.17) is 5.73 Å². The molecule has 3 rings (SSSR count). The summed E-state index contributed by atoms with van der Waals surface area (Å²) < 4.78 is 0. The fourth-order valence-corrected chi connectivity index (χ4v) is 3.38. The maximum atomic E-state index is 12.6. The summed E-state index contributed by atoms with van der Waals surface area (Å²) >= 11 is 0. The number of likely N-dealkylation sites (tertiary alicyclic amines) is 1. The van der Waals surface area contributed by atoms with Crippen molar-refractivity contribution in [3.8, 4) is 0 Å². The van der Waals surface area contributed by atoms with Gasteiger partial charge in [-0.3, -0.25) is 9.59 Å². The normalized spacial score (nSPS) is 24.0. The Hall–Kier alpha value is -1.59. The summed E-state index contributed by atoms with van der Waals surface area (Å²) in [5.74, 6) is -0.123. The number of anilines is 1. The molecule has 2 N–H and O–H groups in total. The van der Waals surface area contributed by atoms with Gasteiger partial charge in [0.2, 0.25) is 11.8 Å². The molecular formula is C17H24ClN3O2. The van der Waals surface area contributed by atoms with E-state index in [0.717, 1.165) is 23.2 Å². The third-order valence-corrected chi connectivity index (χ3v) is 4.88. The van der Waals surface area contributed by atoms with E-state index in [9.17, 15) is 9.59 Å². The Balaban J connectivity index is 0.00000192. The number of aryl methyl sites for hydroxylation is 1. The molecule has 0 aromatic heterocycles. The van der Waals surface area contributed by atoms with E-state index in [1.807, 2.05) is 36.9 Å². The standard InChI is InChI=1S/C17H23N3O2.ClH/c1-11-4-3-5-15(12(11)2)20-9-13(8-16(20)21)17(22)19-7-6-14(18)10-19;/h3-5,13-14H,6-10,18H2,1-2H3;1H/t13?,14-;/m1./s1. The zero-order valence-electron chi connectivity index (χ0n) is 13.6. The van der Waals surface area contributed by atoms with Crippen molar-refractivity contribution in [1.29, 1.82) is 0 Å². The van der Waals surface area contributed by atoms with Crippen LogP contribution in [-0.2, 0) is 9.59 Å². The van der Waals surface area contributed by atoms with Gasteiger partial charge in [-0.1, -0.05) is 12.1 Å². The Labute approximate surface area is 143 Å². The number of nitrogens with zero attached hydrogens (tertiary/aromatic N) is 2. The lowest BCUT2D eigenvalue weighted by molar-refractivity contribution is -0.134. The molecule has 0 bridgehead atoms. The largest absolute Gasteiger partial charge is 0.341 e. The quantitative estimate of drug-likeness (QED) is 0.892. The van der Waals surface area contributed by atoms with Crippen LogP contribution in [0.15, 0.2) is 18.2 Å². The molecule has 0 radical (unpaired) electrons. The summed E-state index contributed by atoms with van der Waals surface area (Å²) in [5, 5.41) is 0. The first-order valence-corrected chi connectivity index (χ1v) is 7.88. The minimum Gasteiger partial charge on any atom is -0.341 e. The van der Waals surface area contributed by atoms with Gasteiger partial charge in [-0.05, 0) is 37.5 Å². The van der Waals surface area contributed by atoms with E-state index in [0.29, 0.717) is 26.1 Å². The molecular weight excluding hydrogens is 314 g/mol. The molecule has 1 unspecified atom stereocenters. The number of hydrogen-bond donors (Lipinski definition) is 1. The van der Waals surface area contributed by atoms with E-state index < -0.39 is 0 Å². The summed E-state index contributed by atoms with van der Waals surface area (Å²) in [4.78, 5) is 28.5. The average Bonchev–Trinajstić information content (AvgIpc) is 3.08. The van der Waals surface area contributed by atoms with E-state index in [2.05, 4.69) is 0 Å². The molecule has 0 aliphatic carbocycles. The van der Waals surface area contributed by atoms with Crippen molar-refractivity contribution >= 4 is 29.9 Å². The van der Waals surface area contributed by atoms with Gasteiger partial charge in [0.15, 0.2) is 0 Å². The van der Waals surface area contributed by atoms with Crippen LogP contribution in [0, 0.1) is 19.8 Å². The summed E-state index contributed by atoms with van der Waals surface area (Å²) in [6.07, 6.45) is 1.16. The number of rotatable bonds is 2. The molecule has 2 amide bonds. The van der Waals surface area contributed by atoms with Crippen molar-refractivity contribution in [2.24, 2.45) is 11.7 Å². The molecule has 23 heavy (non-hydrogen) atoms. The van der Waals surface area contributed by atoms with Crippen LogP contribution in [0.1, 0.15) is 24.0 Å². The SMILES string of the molecule is Cc1cccc(N2CC(C(=O)N3CC[C@@H](N)C3)CC2=O)c1C.Cl. The number of hydrogen-bond acceptors (Lipinski definition) is 3. The van der Waals surface area contributed by atoms with Crippen LogP contribution in [0.5, 0.6) is 0 Å². The number of halogens is 1. The number of amides is 2. The maximum absolute atomic E-state index is 12.6.